The first-order valence-corrected chi connectivity index (χ1v) is 7.19. The Morgan fingerprint density at radius 2 is 1.91 bits per heavy atom. The van der Waals surface area contributed by atoms with E-state index in [9.17, 15) is 4.79 Å². The van der Waals surface area contributed by atoms with Crippen LogP contribution in [0.1, 0.15) is 16.9 Å². The van der Waals surface area contributed by atoms with Crippen LogP contribution < -0.4 is 11.4 Å². The summed E-state index contributed by atoms with van der Waals surface area (Å²) in [6, 6.07) is 14.8. The second-order valence-electron chi connectivity index (χ2n) is 5.19. The Bertz CT molecular complexity index is 984. The smallest absolute Gasteiger partial charge is 0.338 e. The van der Waals surface area contributed by atoms with Crippen LogP contribution in [0.4, 0.5) is 5.69 Å². The highest BCUT2D eigenvalue weighted by atomic mass is 16.4. The Balaban J connectivity index is 2.18. The average molecular weight is 304 g/mol. The number of rotatable bonds is 3. The molecule has 2 aromatic carbocycles. The van der Waals surface area contributed by atoms with E-state index >= 15 is 0 Å². The first-order valence-electron chi connectivity index (χ1n) is 7.19. The molecule has 1 heterocycles. The van der Waals surface area contributed by atoms with E-state index in [0.717, 1.165) is 21.9 Å². The average Bonchev–Trinajstić information content (AvgIpc) is 2.52. The van der Waals surface area contributed by atoms with Gasteiger partial charge in [-0.3, -0.25) is 0 Å². The van der Waals surface area contributed by atoms with Gasteiger partial charge in [-0.2, -0.15) is 0 Å². The second-order valence-corrected chi connectivity index (χ2v) is 5.19. The van der Waals surface area contributed by atoms with Crippen molar-refractivity contribution in [2.24, 2.45) is 10.7 Å². The van der Waals surface area contributed by atoms with Crippen LogP contribution in [0.2, 0.25) is 0 Å². The van der Waals surface area contributed by atoms with Crippen LogP contribution in [-0.2, 0) is 0 Å². The highest BCUT2D eigenvalue weighted by molar-refractivity contribution is 6.11. The zero-order chi connectivity index (χ0) is 16.4. The minimum Gasteiger partial charge on any atom is -0.428 e. The molecular formula is C19H16N2O2. The molecule has 0 saturated carbocycles. The highest BCUT2D eigenvalue weighted by Crippen LogP contribution is 2.24. The van der Waals surface area contributed by atoms with E-state index < -0.39 is 5.63 Å². The molecule has 4 nitrogen and oxygen atoms in total. The molecule has 4 heteroatoms. The number of amidine groups is 1. The van der Waals surface area contributed by atoms with Crippen molar-refractivity contribution in [2.75, 3.05) is 0 Å². The molecule has 0 amide bonds. The second kappa shape index (κ2) is 5.93. The van der Waals surface area contributed by atoms with Gasteiger partial charge >= 0.3 is 5.63 Å². The van der Waals surface area contributed by atoms with Crippen molar-refractivity contribution in [2.45, 2.75) is 6.92 Å². The third-order valence-electron chi connectivity index (χ3n) is 3.58. The van der Waals surface area contributed by atoms with Gasteiger partial charge < -0.3 is 10.2 Å². The van der Waals surface area contributed by atoms with E-state index in [1.54, 1.807) is 13.0 Å². The van der Waals surface area contributed by atoms with Crippen molar-refractivity contribution in [3.05, 3.63) is 82.4 Å². The van der Waals surface area contributed by atoms with Gasteiger partial charge in [-0.25, -0.2) is 9.79 Å². The quantitative estimate of drug-likeness (QED) is 0.591. The summed E-state index contributed by atoms with van der Waals surface area (Å²) in [4.78, 5) is 15.8. The topological polar surface area (TPSA) is 68.6 Å². The van der Waals surface area contributed by atoms with Gasteiger partial charge in [0.05, 0.1) is 5.69 Å². The predicted molar refractivity (Wildman–Crippen MR) is 94.1 cm³/mol. The normalized spacial score (nSPS) is 11.6. The third-order valence-corrected chi connectivity index (χ3v) is 3.58. The Kier molecular flexibility index (Phi) is 3.81. The fourth-order valence-electron chi connectivity index (χ4n) is 2.58. The zero-order valence-corrected chi connectivity index (χ0v) is 12.7. The van der Waals surface area contributed by atoms with Gasteiger partial charge in [0.25, 0.3) is 0 Å². The lowest BCUT2D eigenvalue weighted by atomic mass is 9.99. The van der Waals surface area contributed by atoms with Crippen molar-refractivity contribution in [1.29, 1.82) is 0 Å². The van der Waals surface area contributed by atoms with Crippen molar-refractivity contribution >= 4 is 28.4 Å². The Labute approximate surface area is 133 Å². The number of aryl methyl sites for hydroxylation is 1. The van der Waals surface area contributed by atoms with E-state index in [0.29, 0.717) is 17.3 Å². The minimum atomic E-state index is -0.441. The van der Waals surface area contributed by atoms with Crippen LogP contribution in [0.3, 0.4) is 0 Å². The maximum Gasteiger partial charge on any atom is 0.338 e. The maximum atomic E-state index is 11.4. The molecule has 1 aromatic heterocycles. The maximum absolute atomic E-state index is 11.4. The van der Waals surface area contributed by atoms with Gasteiger partial charge in [0, 0.05) is 17.7 Å². The van der Waals surface area contributed by atoms with E-state index in [2.05, 4.69) is 11.6 Å². The molecule has 3 rings (SSSR count). The van der Waals surface area contributed by atoms with Gasteiger partial charge in [-0.1, -0.05) is 49.1 Å². The Morgan fingerprint density at radius 1 is 1.17 bits per heavy atom. The molecule has 0 atom stereocenters. The van der Waals surface area contributed by atoms with Crippen LogP contribution in [0, 0.1) is 6.92 Å². The van der Waals surface area contributed by atoms with Crippen molar-refractivity contribution in [3.63, 3.8) is 0 Å². The lowest BCUT2D eigenvalue weighted by Crippen LogP contribution is -2.13. The molecule has 0 aliphatic rings. The van der Waals surface area contributed by atoms with Crippen LogP contribution in [0.5, 0.6) is 0 Å². The van der Waals surface area contributed by atoms with Crippen molar-refractivity contribution in [3.8, 4) is 0 Å². The number of fused-ring (bicyclic) bond motifs is 1. The molecule has 114 valence electrons. The Morgan fingerprint density at radius 3 is 2.61 bits per heavy atom. The van der Waals surface area contributed by atoms with Crippen LogP contribution in [0.25, 0.3) is 16.8 Å². The molecule has 3 aromatic rings. The molecular weight excluding hydrogens is 288 g/mol. The number of nitrogens with zero attached hydrogens (tertiary/aromatic N) is 1. The molecule has 0 aliphatic heterocycles. The third kappa shape index (κ3) is 2.92. The lowest BCUT2D eigenvalue weighted by molar-refractivity contribution is 0.481. The molecule has 0 bridgehead atoms. The SMILES string of the molecule is C=Cc1ccc(C(N)=Nc2cc(C)oc(=O)c2)c2ccccc12. The molecule has 0 spiro atoms. The molecule has 0 aliphatic carbocycles. The molecule has 0 unspecified atom stereocenters. The number of benzene rings is 2. The first kappa shape index (κ1) is 14.8. The zero-order valence-electron chi connectivity index (χ0n) is 12.7. The van der Waals surface area contributed by atoms with Gasteiger partial charge in [-0.05, 0) is 23.3 Å². The number of hydrogen-bond acceptors (Lipinski definition) is 3. The summed E-state index contributed by atoms with van der Waals surface area (Å²) in [5.41, 5.74) is 8.07. The summed E-state index contributed by atoms with van der Waals surface area (Å²) in [5.74, 6) is 0.845. The fraction of sp³-hybridized carbons (Fsp3) is 0.0526. The molecule has 0 saturated heterocycles. The van der Waals surface area contributed by atoms with Crippen LogP contribution >= 0.6 is 0 Å². The van der Waals surface area contributed by atoms with Crippen LogP contribution in [0.15, 0.2) is 69.3 Å². The van der Waals surface area contributed by atoms with Gasteiger partial charge in [0.1, 0.15) is 11.6 Å². The monoisotopic (exact) mass is 304 g/mol. The molecule has 2 N–H and O–H groups in total. The number of hydrogen-bond donors (Lipinski definition) is 1. The minimum absolute atomic E-state index is 0.349. The molecule has 23 heavy (non-hydrogen) atoms. The van der Waals surface area contributed by atoms with E-state index in [-0.39, 0.29) is 0 Å². The summed E-state index contributed by atoms with van der Waals surface area (Å²) in [7, 11) is 0. The van der Waals surface area contributed by atoms with Crippen molar-refractivity contribution in [1.82, 2.24) is 0 Å². The van der Waals surface area contributed by atoms with E-state index in [4.69, 9.17) is 10.2 Å². The summed E-state index contributed by atoms with van der Waals surface area (Å²) < 4.78 is 4.93. The first-order chi connectivity index (χ1) is 11.1. The van der Waals surface area contributed by atoms with Gasteiger partial charge in [0.2, 0.25) is 0 Å². The van der Waals surface area contributed by atoms with Gasteiger partial charge in [-0.15, -0.1) is 0 Å². The molecule has 0 fully saturated rings. The summed E-state index contributed by atoms with van der Waals surface area (Å²) in [6.45, 7) is 5.54. The number of aliphatic imine (C=N–C) groups is 1. The standard InChI is InChI=1S/C19H16N2O2/c1-3-13-8-9-17(16-7-5-4-6-15(13)16)19(20)21-14-10-12(2)23-18(22)11-14/h3-11H,1H2,2H3,(H2,20,21). The highest BCUT2D eigenvalue weighted by Gasteiger charge is 2.08. The summed E-state index contributed by atoms with van der Waals surface area (Å²) in [5, 5.41) is 2.05. The number of nitrogens with two attached hydrogens (primary N) is 1. The predicted octanol–water partition coefficient (Wildman–Crippen LogP) is 3.78. The fourth-order valence-corrected chi connectivity index (χ4v) is 2.58. The van der Waals surface area contributed by atoms with E-state index in [1.807, 2.05) is 42.5 Å². The van der Waals surface area contributed by atoms with Gasteiger partial charge in [0.15, 0.2) is 0 Å². The van der Waals surface area contributed by atoms with Crippen molar-refractivity contribution < 1.29 is 4.42 Å². The molecule has 0 radical (unpaired) electrons. The largest absolute Gasteiger partial charge is 0.428 e. The Hall–Kier alpha value is -3.14. The van der Waals surface area contributed by atoms with Crippen LogP contribution in [-0.4, -0.2) is 5.84 Å². The van der Waals surface area contributed by atoms with E-state index in [1.165, 1.54) is 6.07 Å². The summed E-state index contributed by atoms with van der Waals surface area (Å²) in [6.07, 6.45) is 1.81. The lowest BCUT2D eigenvalue weighted by Gasteiger charge is -2.09. The summed E-state index contributed by atoms with van der Waals surface area (Å²) >= 11 is 0.